The summed E-state index contributed by atoms with van der Waals surface area (Å²) < 4.78 is 16.7. The first-order valence-electron chi connectivity index (χ1n) is 9.91. The standard InChI is InChI=1S/C23H27NO6/c1-15(2)14-29-18-6-4-17(5-7-18)19(13-21(26)24-8-10-28-11-9-24)23-22(27)20(25)12-16(3)30-23/h4-7,12,19,27H,1,8-11,13-14H2,2-3H3/t19-/m1/s1. The third-order valence-electron chi connectivity index (χ3n) is 4.90. The van der Waals surface area contributed by atoms with Crippen LogP contribution in [0.25, 0.3) is 0 Å². The summed E-state index contributed by atoms with van der Waals surface area (Å²) in [6.07, 6.45) is 0.0614. The van der Waals surface area contributed by atoms with Gasteiger partial charge in [0.1, 0.15) is 18.1 Å². The molecule has 0 spiro atoms. The van der Waals surface area contributed by atoms with Gasteiger partial charge in [0.2, 0.25) is 17.1 Å². The molecule has 2 aromatic rings. The van der Waals surface area contributed by atoms with E-state index in [2.05, 4.69) is 6.58 Å². The average molecular weight is 413 g/mol. The molecule has 2 heterocycles. The van der Waals surface area contributed by atoms with E-state index < -0.39 is 17.1 Å². The third-order valence-corrected chi connectivity index (χ3v) is 4.90. The number of aromatic hydroxyl groups is 1. The van der Waals surface area contributed by atoms with Gasteiger partial charge in [-0.25, -0.2) is 0 Å². The lowest BCUT2D eigenvalue weighted by Crippen LogP contribution is -2.41. The van der Waals surface area contributed by atoms with E-state index in [0.29, 0.717) is 44.4 Å². The summed E-state index contributed by atoms with van der Waals surface area (Å²) in [5.41, 5.74) is 1.11. The van der Waals surface area contributed by atoms with Gasteiger partial charge in [-0.05, 0) is 37.1 Å². The highest BCUT2D eigenvalue weighted by Gasteiger charge is 2.28. The van der Waals surface area contributed by atoms with Gasteiger partial charge in [0.05, 0.1) is 19.1 Å². The fraction of sp³-hybridized carbons (Fsp3) is 0.391. The highest BCUT2D eigenvalue weighted by molar-refractivity contribution is 5.78. The Morgan fingerprint density at radius 3 is 2.57 bits per heavy atom. The van der Waals surface area contributed by atoms with E-state index in [-0.39, 0.29) is 18.1 Å². The predicted octanol–water partition coefficient (Wildman–Crippen LogP) is 2.99. The number of carbonyl (C=O) groups excluding carboxylic acids is 1. The van der Waals surface area contributed by atoms with Crippen LogP contribution in [0, 0.1) is 6.92 Å². The molecule has 1 atom stereocenters. The fourth-order valence-electron chi connectivity index (χ4n) is 3.34. The molecule has 1 aromatic carbocycles. The number of carbonyl (C=O) groups is 1. The van der Waals surface area contributed by atoms with Gasteiger partial charge in [-0.3, -0.25) is 9.59 Å². The topological polar surface area (TPSA) is 89.2 Å². The fourth-order valence-corrected chi connectivity index (χ4v) is 3.34. The zero-order valence-electron chi connectivity index (χ0n) is 17.3. The molecular formula is C23H27NO6. The van der Waals surface area contributed by atoms with Crippen LogP contribution in [-0.4, -0.2) is 48.8 Å². The van der Waals surface area contributed by atoms with Crippen molar-refractivity contribution in [1.29, 1.82) is 0 Å². The molecule has 1 aliphatic rings. The van der Waals surface area contributed by atoms with Gasteiger partial charge in [-0.2, -0.15) is 0 Å². The molecule has 0 radical (unpaired) electrons. The Hall–Kier alpha value is -3.06. The minimum atomic E-state index is -0.608. The molecule has 0 aliphatic carbocycles. The van der Waals surface area contributed by atoms with Crippen molar-refractivity contribution >= 4 is 5.91 Å². The maximum atomic E-state index is 12.9. The molecule has 7 nitrogen and oxygen atoms in total. The number of hydrogen-bond acceptors (Lipinski definition) is 6. The molecular weight excluding hydrogens is 386 g/mol. The second-order valence-corrected chi connectivity index (χ2v) is 7.50. The third kappa shape index (κ3) is 5.30. The number of morpholine rings is 1. The summed E-state index contributed by atoms with van der Waals surface area (Å²) in [7, 11) is 0. The van der Waals surface area contributed by atoms with Crippen LogP contribution in [0.4, 0.5) is 0 Å². The van der Waals surface area contributed by atoms with Crippen LogP contribution in [0.3, 0.4) is 0 Å². The maximum Gasteiger partial charge on any atom is 0.227 e. The first-order chi connectivity index (χ1) is 14.3. The Labute approximate surface area is 175 Å². The number of ether oxygens (including phenoxy) is 2. The van der Waals surface area contributed by atoms with Gasteiger partial charge in [-0.15, -0.1) is 0 Å². The van der Waals surface area contributed by atoms with E-state index in [1.807, 2.05) is 19.1 Å². The lowest BCUT2D eigenvalue weighted by atomic mass is 9.91. The van der Waals surface area contributed by atoms with Crippen LogP contribution in [-0.2, 0) is 9.53 Å². The summed E-state index contributed by atoms with van der Waals surface area (Å²) in [5.74, 6) is -0.0363. The summed E-state index contributed by atoms with van der Waals surface area (Å²) in [6.45, 7) is 9.77. The van der Waals surface area contributed by atoms with Gasteiger partial charge in [0.25, 0.3) is 0 Å². The normalized spacial score (nSPS) is 14.9. The molecule has 1 amide bonds. The molecule has 7 heteroatoms. The van der Waals surface area contributed by atoms with Gasteiger partial charge in [-0.1, -0.05) is 18.7 Å². The van der Waals surface area contributed by atoms with Crippen LogP contribution in [0.1, 0.15) is 36.3 Å². The second-order valence-electron chi connectivity index (χ2n) is 7.50. The Morgan fingerprint density at radius 2 is 1.93 bits per heavy atom. The maximum absolute atomic E-state index is 12.9. The van der Waals surface area contributed by atoms with Crippen LogP contribution in [0.15, 0.2) is 51.7 Å². The Morgan fingerprint density at radius 1 is 1.27 bits per heavy atom. The van der Waals surface area contributed by atoms with Crippen molar-refractivity contribution in [3.05, 3.63) is 69.8 Å². The van der Waals surface area contributed by atoms with Crippen molar-refractivity contribution in [2.24, 2.45) is 0 Å². The van der Waals surface area contributed by atoms with Crippen molar-refractivity contribution in [2.45, 2.75) is 26.2 Å². The number of rotatable bonds is 7. The molecule has 1 aliphatic heterocycles. The van der Waals surface area contributed by atoms with Crippen LogP contribution >= 0.6 is 0 Å². The Balaban J connectivity index is 1.92. The van der Waals surface area contributed by atoms with Gasteiger partial charge in [0.15, 0.2) is 5.76 Å². The molecule has 0 unspecified atom stereocenters. The van der Waals surface area contributed by atoms with E-state index >= 15 is 0 Å². The van der Waals surface area contributed by atoms with Crippen molar-refractivity contribution in [3.63, 3.8) is 0 Å². The summed E-state index contributed by atoms with van der Waals surface area (Å²) in [6, 6.07) is 8.43. The zero-order valence-corrected chi connectivity index (χ0v) is 17.3. The monoisotopic (exact) mass is 413 g/mol. The highest BCUT2D eigenvalue weighted by Crippen LogP contribution is 2.34. The molecule has 3 rings (SSSR count). The van der Waals surface area contributed by atoms with Crippen LogP contribution < -0.4 is 10.2 Å². The first kappa shape index (κ1) is 21.6. The number of aryl methyl sites for hydroxylation is 1. The van der Waals surface area contributed by atoms with Crippen molar-refractivity contribution < 1.29 is 23.8 Å². The molecule has 1 fully saturated rings. The molecule has 0 saturated carbocycles. The van der Waals surface area contributed by atoms with E-state index in [0.717, 1.165) is 11.1 Å². The average Bonchev–Trinajstić information content (AvgIpc) is 2.74. The summed E-state index contributed by atoms with van der Waals surface area (Å²) in [4.78, 5) is 26.8. The van der Waals surface area contributed by atoms with Crippen molar-refractivity contribution in [2.75, 3.05) is 32.9 Å². The van der Waals surface area contributed by atoms with E-state index in [1.54, 1.807) is 24.0 Å². The molecule has 1 N–H and O–H groups in total. The number of benzene rings is 1. The van der Waals surface area contributed by atoms with Gasteiger partial charge >= 0.3 is 0 Å². The first-order valence-corrected chi connectivity index (χ1v) is 9.91. The second kappa shape index (κ2) is 9.63. The molecule has 0 bridgehead atoms. The number of nitrogens with zero attached hydrogens (tertiary/aromatic N) is 1. The van der Waals surface area contributed by atoms with Crippen LogP contribution in [0.2, 0.25) is 0 Å². The van der Waals surface area contributed by atoms with E-state index in [1.165, 1.54) is 6.07 Å². The predicted molar refractivity (Wildman–Crippen MR) is 112 cm³/mol. The molecule has 160 valence electrons. The summed E-state index contributed by atoms with van der Waals surface area (Å²) in [5, 5.41) is 10.4. The summed E-state index contributed by atoms with van der Waals surface area (Å²) >= 11 is 0. The Kier molecular flexibility index (Phi) is 6.95. The SMILES string of the molecule is C=C(C)COc1ccc([C@@H](CC(=O)N2CCOCC2)c2oc(C)cc(=O)c2O)cc1. The van der Waals surface area contributed by atoms with E-state index in [4.69, 9.17) is 13.9 Å². The van der Waals surface area contributed by atoms with Crippen molar-refractivity contribution in [1.82, 2.24) is 4.90 Å². The molecule has 30 heavy (non-hydrogen) atoms. The Bertz CT molecular complexity index is 957. The molecule has 1 aromatic heterocycles. The van der Waals surface area contributed by atoms with Crippen molar-refractivity contribution in [3.8, 4) is 11.5 Å². The van der Waals surface area contributed by atoms with Crippen LogP contribution in [0.5, 0.6) is 11.5 Å². The van der Waals surface area contributed by atoms with Gasteiger partial charge in [0, 0.05) is 25.6 Å². The quantitative estimate of drug-likeness (QED) is 0.702. The lowest BCUT2D eigenvalue weighted by molar-refractivity contribution is -0.135. The smallest absolute Gasteiger partial charge is 0.227 e. The van der Waals surface area contributed by atoms with E-state index in [9.17, 15) is 14.7 Å². The number of hydrogen-bond donors (Lipinski definition) is 1. The minimum Gasteiger partial charge on any atom is -0.502 e. The minimum absolute atomic E-state index is 0.0614. The molecule has 1 saturated heterocycles. The zero-order chi connectivity index (χ0) is 21.7. The van der Waals surface area contributed by atoms with Gasteiger partial charge < -0.3 is 23.9 Å². The lowest BCUT2D eigenvalue weighted by Gasteiger charge is -2.28. The highest BCUT2D eigenvalue weighted by atomic mass is 16.5. The largest absolute Gasteiger partial charge is 0.502 e. The number of amides is 1.